The zero-order valence-electron chi connectivity index (χ0n) is 11.2. The van der Waals surface area contributed by atoms with Crippen molar-refractivity contribution in [1.82, 2.24) is 19.6 Å². The number of anilines is 1. The summed E-state index contributed by atoms with van der Waals surface area (Å²) in [6.07, 6.45) is 5.92. The lowest BCUT2D eigenvalue weighted by Gasteiger charge is -2.25. The lowest BCUT2D eigenvalue weighted by Crippen LogP contribution is -2.32. The van der Waals surface area contributed by atoms with Gasteiger partial charge in [-0.1, -0.05) is 26.1 Å². The number of thiocarbonyl (C=S) groups is 1. The molecule has 0 aliphatic carbocycles. The van der Waals surface area contributed by atoms with Crippen LogP contribution in [0.15, 0.2) is 18.7 Å². The second kappa shape index (κ2) is 5.92. The fraction of sp³-hybridized carbons (Fsp3) is 0.500. The molecule has 0 aliphatic rings. The van der Waals surface area contributed by atoms with Crippen molar-refractivity contribution >= 4 is 28.7 Å². The minimum absolute atomic E-state index is 0.510. The van der Waals surface area contributed by atoms with E-state index in [9.17, 15) is 0 Å². The fourth-order valence-electron chi connectivity index (χ4n) is 1.94. The summed E-state index contributed by atoms with van der Waals surface area (Å²) in [6, 6.07) is 0. The molecule has 0 fully saturated rings. The van der Waals surface area contributed by atoms with Gasteiger partial charge >= 0.3 is 0 Å². The van der Waals surface area contributed by atoms with E-state index in [1.165, 1.54) is 0 Å². The van der Waals surface area contributed by atoms with Crippen LogP contribution in [-0.2, 0) is 0 Å². The van der Waals surface area contributed by atoms with Crippen molar-refractivity contribution < 1.29 is 0 Å². The minimum Gasteiger partial charge on any atom is -0.393 e. The van der Waals surface area contributed by atoms with Crippen LogP contribution in [0.25, 0.3) is 5.65 Å². The molecule has 0 aromatic carbocycles. The first kappa shape index (κ1) is 13.7. The van der Waals surface area contributed by atoms with Gasteiger partial charge in [0.1, 0.15) is 6.33 Å². The highest BCUT2D eigenvalue weighted by Crippen LogP contribution is 2.17. The van der Waals surface area contributed by atoms with E-state index in [0.717, 1.165) is 24.6 Å². The van der Waals surface area contributed by atoms with Gasteiger partial charge in [0, 0.05) is 31.9 Å². The molecule has 0 bridgehead atoms. The molecule has 0 aliphatic heterocycles. The Bertz CT molecular complexity index is 564. The third-order valence-electron chi connectivity index (χ3n) is 2.71. The molecule has 2 aromatic heterocycles. The lowest BCUT2D eigenvalue weighted by atomic mass is 10.2. The maximum absolute atomic E-state index is 5.59. The van der Waals surface area contributed by atoms with Gasteiger partial charge in [-0.3, -0.25) is 4.40 Å². The van der Waals surface area contributed by atoms with Gasteiger partial charge in [0.2, 0.25) is 5.65 Å². The van der Waals surface area contributed by atoms with Gasteiger partial charge in [-0.15, -0.1) is 10.2 Å². The summed E-state index contributed by atoms with van der Waals surface area (Å²) in [6.45, 7) is 5.95. The largest absolute Gasteiger partial charge is 0.393 e. The van der Waals surface area contributed by atoms with Crippen LogP contribution in [0.2, 0.25) is 0 Å². The maximum atomic E-state index is 5.59. The van der Waals surface area contributed by atoms with E-state index in [2.05, 4.69) is 33.9 Å². The Balaban J connectivity index is 2.30. The molecule has 6 nitrogen and oxygen atoms in total. The van der Waals surface area contributed by atoms with Gasteiger partial charge < -0.3 is 10.6 Å². The first-order chi connectivity index (χ1) is 9.08. The Hall–Kier alpha value is -1.76. The van der Waals surface area contributed by atoms with Gasteiger partial charge in [0.25, 0.3) is 0 Å². The normalized spacial score (nSPS) is 11.1. The number of nitrogens with zero attached hydrogens (tertiary/aromatic N) is 5. The van der Waals surface area contributed by atoms with E-state index in [1.807, 2.05) is 10.6 Å². The highest BCUT2D eigenvalue weighted by atomic mass is 32.1. The van der Waals surface area contributed by atoms with E-state index in [0.29, 0.717) is 17.3 Å². The summed E-state index contributed by atoms with van der Waals surface area (Å²) in [7, 11) is 0. The number of hydrogen-bond donors (Lipinski definition) is 1. The summed E-state index contributed by atoms with van der Waals surface area (Å²) >= 11 is 4.95. The Morgan fingerprint density at radius 3 is 3.00 bits per heavy atom. The average Bonchev–Trinajstić information content (AvgIpc) is 2.81. The SMILES string of the molecule is CC(C)CN(CCC(N)=S)c1nccn2cnnc12. The molecule has 2 rings (SSSR count). The van der Waals surface area contributed by atoms with Gasteiger partial charge in [-0.25, -0.2) is 4.98 Å². The molecule has 19 heavy (non-hydrogen) atoms. The molecule has 0 radical (unpaired) electrons. The summed E-state index contributed by atoms with van der Waals surface area (Å²) in [5, 5.41) is 8.03. The van der Waals surface area contributed by atoms with Crippen LogP contribution < -0.4 is 10.6 Å². The molecular weight excluding hydrogens is 260 g/mol. The average molecular weight is 278 g/mol. The monoisotopic (exact) mass is 278 g/mol. The number of nitrogens with two attached hydrogens (primary N) is 1. The smallest absolute Gasteiger partial charge is 0.203 e. The van der Waals surface area contributed by atoms with Crippen molar-refractivity contribution in [2.75, 3.05) is 18.0 Å². The van der Waals surface area contributed by atoms with Gasteiger partial charge in [0.15, 0.2) is 5.82 Å². The van der Waals surface area contributed by atoms with E-state index >= 15 is 0 Å². The van der Waals surface area contributed by atoms with E-state index in [4.69, 9.17) is 18.0 Å². The predicted molar refractivity (Wildman–Crippen MR) is 79.2 cm³/mol. The van der Waals surface area contributed by atoms with E-state index in [1.54, 1.807) is 12.5 Å². The molecule has 0 spiro atoms. The highest BCUT2D eigenvalue weighted by Gasteiger charge is 2.15. The third-order valence-corrected chi connectivity index (χ3v) is 2.91. The van der Waals surface area contributed by atoms with Crippen LogP contribution in [0.4, 0.5) is 5.82 Å². The van der Waals surface area contributed by atoms with Crippen LogP contribution in [0.5, 0.6) is 0 Å². The molecule has 102 valence electrons. The molecule has 0 atom stereocenters. The first-order valence-electron chi connectivity index (χ1n) is 6.25. The standard InChI is InChI=1S/C12H18N6S/c1-9(2)7-17(5-3-10(13)19)11-12-16-15-8-18(12)6-4-14-11/h4,6,8-9H,3,5,7H2,1-2H3,(H2,13,19). The Morgan fingerprint density at radius 2 is 2.32 bits per heavy atom. The quantitative estimate of drug-likeness (QED) is 0.802. The minimum atomic E-state index is 0.510. The van der Waals surface area contributed by atoms with Crippen molar-refractivity contribution in [1.29, 1.82) is 0 Å². The van der Waals surface area contributed by atoms with Gasteiger partial charge in [-0.05, 0) is 5.92 Å². The fourth-order valence-corrected chi connectivity index (χ4v) is 2.03. The van der Waals surface area contributed by atoms with Crippen molar-refractivity contribution in [3.8, 4) is 0 Å². The second-order valence-electron chi connectivity index (χ2n) is 4.87. The number of rotatable bonds is 6. The predicted octanol–water partition coefficient (Wildman–Crippen LogP) is 1.26. The first-order valence-corrected chi connectivity index (χ1v) is 6.66. The molecule has 0 unspecified atom stereocenters. The van der Waals surface area contributed by atoms with Crippen molar-refractivity contribution in [2.45, 2.75) is 20.3 Å². The lowest BCUT2D eigenvalue weighted by molar-refractivity contribution is 0.609. The van der Waals surface area contributed by atoms with Crippen LogP contribution >= 0.6 is 12.2 Å². The Morgan fingerprint density at radius 1 is 1.53 bits per heavy atom. The Kier molecular flexibility index (Phi) is 4.26. The highest BCUT2D eigenvalue weighted by molar-refractivity contribution is 7.80. The van der Waals surface area contributed by atoms with Gasteiger partial charge in [-0.2, -0.15) is 0 Å². The zero-order chi connectivity index (χ0) is 13.8. The summed E-state index contributed by atoms with van der Waals surface area (Å²) < 4.78 is 1.86. The molecule has 2 heterocycles. The van der Waals surface area contributed by atoms with E-state index in [-0.39, 0.29) is 0 Å². The molecule has 2 N–H and O–H groups in total. The van der Waals surface area contributed by atoms with E-state index < -0.39 is 0 Å². The molecule has 2 aromatic rings. The van der Waals surface area contributed by atoms with Crippen LogP contribution in [0, 0.1) is 5.92 Å². The molecule has 7 heteroatoms. The number of aromatic nitrogens is 4. The molecule has 0 saturated carbocycles. The topological polar surface area (TPSA) is 72.3 Å². The van der Waals surface area contributed by atoms with Crippen molar-refractivity contribution in [2.24, 2.45) is 11.7 Å². The van der Waals surface area contributed by atoms with Gasteiger partial charge in [0.05, 0.1) is 4.99 Å². The maximum Gasteiger partial charge on any atom is 0.203 e. The molecule has 0 saturated heterocycles. The van der Waals surface area contributed by atoms with Crippen LogP contribution in [-0.4, -0.2) is 37.7 Å². The van der Waals surface area contributed by atoms with Crippen LogP contribution in [0.1, 0.15) is 20.3 Å². The van der Waals surface area contributed by atoms with Crippen LogP contribution in [0.3, 0.4) is 0 Å². The summed E-state index contributed by atoms with van der Waals surface area (Å²) in [4.78, 5) is 7.11. The molecular formula is C12H18N6S. The number of hydrogen-bond acceptors (Lipinski definition) is 5. The zero-order valence-corrected chi connectivity index (χ0v) is 12.0. The number of fused-ring (bicyclic) bond motifs is 1. The molecule has 0 amide bonds. The van der Waals surface area contributed by atoms with Crippen molar-refractivity contribution in [3.05, 3.63) is 18.7 Å². The van der Waals surface area contributed by atoms with Crippen molar-refractivity contribution in [3.63, 3.8) is 0 Å². The Labute approximate surface area is 117 Å². The summed E-state index contributed by atoms with van der Waals surface area (Å²) in [5.41, 5.74) is 6.35. The summed E-state index contributed by atoms with van der Waals surface area (Å²) in [5.74, 6) is 1.33. The second-order valence-corrected chi connectivity index (χ2v) is 5.39. The third kappa shape index (κ3) is 3.37.